The highest BCUT2D eigenvalue weighted by molar-refractivity contribution is 9.10. The number of hydrogen-bond acceptors (Lipinski definition) is 2. The van der Waals surface area contributed by atoms with E-state index in [-0.39, 0.29) is 0 Å². The first-order chi connectivity index (χ1) is 8.74. The molecule has 1 aliphatic carbocycles. The summed E-state index contributed by atoms with van der Waals surface area (Å²) < 4.78 is 6.44. The van der Waals surface area contributed by atoms with E-state index in [1.165, 1.54) is 12.8 Å². The van der Waals surface area contributed by atoms with Crippen LogP contribution in [-0.2, 0) is 6.54 Å². The van der Waals surface area contributed by atoms with Crippen molar-refractivity contribution >= 4 is 27.5 Å². The van der Waals surface area contributed by atoms with E-state index in [0.29, 0.717) is 6.04 Å². The molecule has 0 atom stereocenters. The van der Waals surface area contributed by atoms with E-state index in [1.54, 1.807) is 6.26 Å². The third-order valence-corrected chi connectivity index (χ3v) is 4.08. The molecule has 1 aliphatic rings. The molecule has 18 heavy (non-hydrogen) atoms. The van der Waals surface area contributed by atoms with Crippen molar-refractivity contribution in [3.8, 4) is 11.3 Å². The molecule has 1 aromatic carbocycles. The van der Waals surface area contributed by atoms with Crippen LogP contribution in [0.2, 0.25) is 5.02 Å². The van der Waals surface area contributed by atoms with Crippen molar-refractivity contribution in [2.24, 2.45) is 0 Å². The fourth-order valence-electron chi connectivity index (χ4n) is 1.89. The van der Waals surface area contributed by atoms with Crippen LogP contribution in [0.3, 0.4) is 0 Å². The quantitative estimate of drug-likeness (QED) is 0.887. The van der Waals surface area contributed by atoms with Gasteiger partial charge in [0.1, 0.15) is 5.76 Å². The first kappa shape index (κ1) is 12.3. The van der Waals surface area contributed by atoms with Gasteiger partial charge in [-0.1, -0.05) is 11.6 Å². The molecule has 1 heterocycles. The molecule has 1 aromatic heterocycles. The number of halogens is 2. The average molecular weight is 327 g/mol. The highest BCUT2D eigenvalue weighted by Crippen LogP contribution is 2.32. The Balaban J connectivity index is 1.87. The van der Waals surface area contributed by atoms with Gasteiger partial charge in [-0.05, 0) is 58.6 Å². The van der Waals surface area contributed by atoms with Crippen LogP contribution in [0.5, 0.6) is 0 Å². The summed E-state index contributed by atoms with van der Waals surface area (Å²) >= 11 is 9.69. The Morgan fingerprint density at radius 2 is 2.17 bits per heavy atom. The van der Waals surface area contributed by atoms with Gasteiger partial charge in [0.05, 0.1) is 10.7 Å². The van der Waals surface area contributed by atoms with Gasteiger partial charge in [0.25, 0.3) is 0 Å². The van der Waals surface area contributed by atoms with Gasteiger partial charge in [-0.25, -0.2) is 0 Å². The molecule has 94 valence electrons. The zero-order chi connectivity index (χ0) is 12.5. The normalized spacial score (nSPS) is 15.0. The minimum Gasteiger partial charge on any atom is -0.463 e. The number of hydrogen-bond donors (Lipinski definition) is 1. The molecule has 0 aliphatic heterocycles. The second-order valence-corrected chi connectivity index (χ2v) is 5.82. The van der Waals surface area contributed by atoms with Gasteiger partial charge in [0.2, 0.25) is 0 Å². The van der Waals surface area contributed by atoms with Crippen LogP contribution in [0.15, 0.2) is 39.4 Å². The van der Waals surface area contributed by atoms with E-state index in [1.807, 2.05) is 18.2 Å². The molecule has 0 spiro atoms. The van der Waals surface area contributed by atoms with Crippen LogP contribution >= 0.6 is 27.5 Å². The molecule has 4 heteroatoms. The molecule has 0 unspecified atom stereocenters. The molecule has 3 rings (SSSR count). The molecule has 0 radical (unpaired) electrons. The Kier molecular flexibility index (Phi) is 3.46. The van der Waals surface area contributed by atoms with Crippen LogP contribution in [0, 0.1) is 0 Å². The van der Waals surface area contributed by atoms with Crippen molar-refractivity contribution in [1.82, 2.24) is 5.32 Å². The van der Waals surface area contributed by atoms with Crippen molar-refractivity contribution in [1.29, 1.82) is 0 Å². The van der Waals surface area contributed by atoms with Crippen molar-refractivity contribution in [2.45, 2.75) is 25.4 Å². The first-order valence-electron chi connectivity index (χ1n) is 5.99. The van der Waals surface area contributed by atoms with Crippen LogP contribution in [-0.4, -0.2) is 6.04 Å². The highest BCUT2D eigenvalue weighted by atomic mass is 79.9. The molecule has 0 saturated heterocycles. The predicted molar refractivity (Wildman–Crippen MR) is 76.7 cm³/mol. The molecular formula is C14H13BrClNO. The van der Waals surface area contributed by atoms with Crippen LogP contribution in [0.4, 0.5) is 0 Å². The molecule has 0 bridgehead atoms. The zero-order valence-electron chi connectivity index (χ0n) is 9.75. The standard InChI is InChI=1S/C14H13BrClNO/c15-12-5-6-18-14(12)9-1-4-13(16)10(7-9)8-17-11-2-3-11/h1,4-7,11,17H,2-3,8H2. The summed E-state index contributed by atoms with van der Waals surface area (Å²) in [4.78, 5) is 0. The Labute approximate surface area is 119 Å². The molecule has 1 saturated carbocycles. The van der Waals surface area contributed by atoms with E-state index >= 15 is 0 Å². The number of benzene rings is 1. The second kappa shape index (κ2) is 5.08. The topological polar surface area (TPSA) is 25.2 Å². The van der Waals surface area contributed by atoms with Crippen molar-refractivity contribution in [2.75, 3.05) is 0 Å². The number of rotatable bonds is 4. The first-order valence-corrected chi connectivity index (χ1v) is 7.16. The monoisotopic (exact) mass is 325 g/mol. The Hall–Kier alpha value is -0.770. The van der Waals surface area contributed by atoms with Crippen LogP contribution in [0.1, 0.15) is 18.4 Å². The summed E-state index contributed by atoms with van der Waals surface area (Å²) in [5, 5.41) is 4.27. The summed E-state index contributed by atoms with van der Waals surface area (Å²) in [6.07, 6.45) is 4.23. The maximum absolute atomic E-state index is 6.22. The summed E-state index contributed by atoms with van der Waals surface area (Å²) in [7, 11) is 0. The summed E-state index contributed by atoms with van der Waals surface area (Å²) in [6, 6.07) is 8.57. The van der Waals surface area contributed by atoms with Crippen LogP contribution < -0.4 is 5.32 Å². The average Bonchev–Trinajstić information content (AvgIpc) is 3.10. The van der Waals surface area contributed by atoms with E-state index in [0.717, 1.165) is 32.9 Å². The Morgan fingerprint density at radius 3 is 2.83 bits per heavy atom. The summed E-state index contributed by atoms with van der Waals surface area (Å²) in [5.74, 6) is 0.847. The largest absolute Gasteiger partial charge is 0.463 e. The lowest BCUT2D eigenvalue weighted by Crippen LogP contribution is -2.15. The fraction of sp³-hybridized carbons (Fsp3) is 0.286. The van der Waals surface area contributed by atoms with Gasteiger partial charge in [-0.15, -0.1) is 0 Å². The minimum absolute atomic E-state index is 0.681. The minimum atomic E-state index is 0.681. The van der Waals surface area contributed by atoms with Gasteiger partial charge in [-0.3, -0.25) is 0 Å². The molecule has 2 aromatic rings. The highest BCUT2D eigenvalue weighted by Gasteiger charge is 2.20. The Bertz CT molecular complexity index is 563. The molecule has 1 N–H and O–H groups in total. The van der Waals surface area contributed by atoms with E-state index in [4.69, 9.17) is 16.0 Å². The maximum atomic E-state index is 6.22. The third-order valence-electron chi connectivity index (χ3n) is 3.08. The van der Waals surface area contributed by atoms with Crippen LogP contribution in [0.25, 0.3) is 11.3 Å². The van der Waals surface area contributed by atoms with Crippen molar-refractivity contribution in [3.05, 3.63) is 45.6 Å². The lowest BCUT2D eigenvalue weighted by Gasteiger charge is -2.08. The molecule has 1 fully saturated rings. The predicted octanol–water partition coefficient (Wildman–Crippen LogP) is 4.61. The van der Waals surface area contributed by atoms with Gasteiger partial charge in [0, 0.05) is 23.2 Å². The lowest BCUT2D eigenvalue weighted by atomic mass is 10.1. The fourth-order valence-corrected chi connectivity index (χ4v) is 2.51. The Morgan fingerprint density at radius 1 is 1.33 bits per heavy atom. The van der Waals surface area contributed by atoms with Gasteiger partial charge >= 0.3 is 0 Å². The maximum Gasteiger partial charge on any atom is 0.148 e. The molecule has 0 amide bonds. The number of nitrogens with one attached hydrogen (secondary N) is 1. The van der Waals surface area contributed by atoms with Crippen molar-refractivity contribution < 1.29 is 4.42 Å². The summed E-state index contributed by atoms with van der Waals surface area (Å²) in [6.45, 7) is 0.815. The van der Waals surface area contributed by atoms with E-state index in [9.17, 15) is 0 Å². The SMILES string of the molecule is Clc1ccc(-c2occc2Br)cc1CNC1CC1. The lowest BCUT2D eigenvalue weighted by molar-refractivity contribution is 0.581. The molecule has 2 nitrogen and oxygen atoms in total. The molecular weight excluding hydrogens is 314 g/mol. The van der Waals surface area contributed by atoms with E-state index < -0.39 is 0 Å². The van der Waals surface area contributed by atoms with Gasteiger partial charge in [0.15, 0.2) is 0 Å². The van der Waals surface area contributed by atoms with E-state index in [2.05, 4.69) is 27.3 Å². The van der Waals surface area contributed by atoms with Gasteiger partial charge < -0.3 is 9.73 Å². The third kappa shape index (κ3) is 2.63. The van der Waals surface area contributed by atoms with Gasteiger partial charge in [-0.2, -0.15) is 0 Å². The number of furan rings is 1. The summed E-state index contributed by atoms with van der Waals surface area (Å²) in [5.41, 5.74) is 2.16. The second-order valence-electron chi connectivity index (χ2n) is 4.56. The van der Waals surface area contributed by atoms with Crippen molar-refractivity contribution in [3.63, 3.8) is 0 Å². The zero-order valence-corrected chi connectivity index (χ0v) is 12.1. The smallest absolute Gasteiger partial charge is 0.148 e.